The van der Waals surface area contributed by atoms with Crippen LogP contribution in [0.2, 0.25) is 0 Å². The van der Waals surface area contributed by atoms with Crippen LogP contribution in [0.5, 0.6) is 5.75 Å². The number of hydrogen-bond acceptors (Lipinski definition) is 5. The molecule has 1 heterocycles. The Hall–Kier alpha value is -2.40. The first-order chi connectivity index (χ1) is 12.8. The molecule has 0 aromatic carbocycles. The van der Waals surface area contributed by atoms with Crippen molar-refractivity contribution < 1.29 is 36.2 Å². The van der Waals surface area contributed by atoms with Crippen molar-refractivity contribution in [2.45, 2.75) is 58.4 Å². The number of halogens is 5. The molecular formula is C16H21F5N2O5. The molecule has 7 nitrogen and oxygen atoms in total. The number of carbonyl (C=O) groups excluding carboxylic acids is 1. The number of carbonyl (C=O) groups is 1. The first-order valence-electron chi connectivity index (χ1n) is 8.49. The first kappa shape index (κ1) is 23.6. The number of aromatic nitrogens is 2. The van der Waals surface area contributed by atoms with Gasteiger partial charge in [-0.3, -0.25) is 19.1 Å². The van der Waals surface area contributed by atoms with Crippen LogP contribution >= 0.6 is 0 Å². The van der Waals surface area contributed by atoms with Gasteiger partial charge in [0.1, 0.15) is 0 Å². The predicted molar refractivity (Wildman–Crippen MR) is 87.2 cm³/mol. The molecule has 0 aliphatic rings. The Morgan fingerprint density at radius 2 is 1.71 bits per heavy atom. The third-order valence-corrected chi connectivity index (χ3v) is 3.56. The number of ether oxygens (including phenoxy) is 2. The fourth-order valence-electron chi connectivity index (χ4n) is 2.00. The van der Waals surface area contributed by atoms with Gasteiger partial charge in [0.15, 0.2) is 0 Å². The summed E-state index contributed by atoms with van der Waals surface area (Å²) in [5.41, 5.74) is -2.45. The molecule has 0 radical (unpaired) electrons. The fourth-order valence-corrected chi connectivity index (χ4v) is 2.00. The van der Waals surface area contributed by atoms with E-state index in [0.29, 0.717) is 31.9 Å². The summed E-state index contributed by atoms with van der Waals surface area (Å²) in [6.45, 7) is 3.61. The monoisotopic (exact) mass is 416 g/mol. The smallest absolute Gasteiger partial charge is 0.465 e. The zero-order valence-corrected chi connectivity index (χ0v) is 15.3. The Morgan fingerprint density at radius 3 is 2.29 bits per heavy atom. The Bertz CT molecular complexity index is 770. The summed E-state index contributed by atoms with van der Waals surface area (Å²) in [5, 5.41) is 0. The molecule has 0 amide bonds. The van der Waals surface area contributed by atoms with E-state index in [4.69, 9.17) is 4.74 Å². The molecule has 0 saturated carbocycles. The van der Waals surface area contributed by atoms with Crippen LogP contribution in [0.25, 0.3) is 0 Å². The van der Waals surface area contributed by atoms with E-state index in [0.717, 1.165) is 4.57 Å². The molecule has 28 heavy (non-hydrogen) atoms. The number of nitrogens with zero attached hydrogens (tertiary/aromatic N) is 1. The number of alkyl halides is 5. The number of esters is 1. The highest BCUT2D eigenvalue weighted by molar-refractivity contribution is 5.71. The summed E-state index contributed by atoms with van der Waals surface area (Å²) in [4.78, 5) is 35.9. The van der Waals surface area contributed by atoms with E-state index in [9.17, 15) is 36.3 Å². The zero-order valence-electron chi connectivity index (χ0n) is 15.3. The lowest BCUT2D eigenvalue weighted by Gasteiger charge is -2.19. The van der Waals surface area contributed by atoms with Gasteiger partial charge in [0.25, 0.3) is 5.56 Å². The third-order valence-electron chi connectivity index (χ3n) is 3.56. The maximum atomic E-state index is 12.9. The number of aryl methyl sites for hydroxylation is 1. The van der Waals surface area contributed by atoms with Gasteiger partial charge in [0.05, 0.1) is 18.7 Å². The second-order valence-electron chi connectivity index (χ2n) is 6.30. The van der Waals surface area contributed by atoms with Gasteiger partial charge in [-0.25, -0.2) is 4.79 Å². The van der Waals surface area contributed by atoms with Crippen LogP contribution in [0.1, 0.15) is 39.5 Å². The fraction of sp³-hybridized carbons (Fsp3) is 0.688. The van der Waals surface area contributed by atoms with Crippen LogP contribution in [0.15, 0.2) is 15.8 Å². The minimum Gasteiger partial charge on any atom is -0.465 e. The topological polar surface area (TPSA) is 90.4 Å². The Kier molecular flexibility index (Phi) is 8.18. The highest BCUT2D eigenvalue weighted by Gasteiger charge is 2.61. The van der Waals surface area contributed by atoms with Crippen LogP contribution in [0.3, 0.4) is 0 Å². The quantitative estimate of drug-likeness (QED) is 0.360. The summed E-state index contributed by atoms with van der Waals surface area (Å²) >= 11 is 0. The molecule has 1 aromatic rings. The summed E-state index contributed by atoms with van der Waals surface area (Å²) in [5.74, 6) is -1.86. The van der Waals surface area contributed by atoms with Gasteiger partial charge in [-0.1, -0.05) is 20.3 Å². The van der Waals surface area contributed by atoms with Crippen LogP contribution in [0, 0.1) is 5.92 Å². The Labute approximate surface area is 156 Å². The van der Waals surface area contributed by atoms with Crippen molar-refractivity contribution in [1.29, 1.82) is 0 Å². The van der Waals surface area contributed by atoms with Gasteiger partial charge in [0, 0.05) is 6.54 Å². The molecule has 160 valence electrons. The van der Waals surface area contributed by atoms with Gasteiger partial charge in [-0.2, -0.15) is 22.0 Å². The van der Waals surface area contributed by atoms with Crippen molar-refractivity contribution in [1.82, 2.24) is 9.55 Å². The van der Waals surface area contributed by atoms with Gasteiger partial charge in [-0.15, -0.1) is 0 Å². The summed E-state index contributed by atoms with van der Waals surface area (Å²) < 4.78 is 71.7. The van der Waals surface area contributed by atoms with E-state index in [1.165, 1.54) is 0 Å². The van der Waals surface area contributed by atoms with E-state index in [-0.39, 0.29) is 25.0 Å². The number of H-pyrrole nitrogens is 1. The molecule has 1 N–H and O–H groups in total. The average Bonchev–Trinajstić information content (AvgIpc) is 2.56. The summed E-state index contributed by atoms with van der Waals surface area (Å²) in [7, 11) is 0. The molecule has 0 spiro atoms. The Balaban J connectivity index is 2.57. The standard InChI is InChI=1S/C16H21F5N2O5/c1-10(2)13(25)27-8-6-4-3-5-7-23-9-11(12(24)22-14(23)26)28-16(20,21)15(17,18)19/h9-10H,3-8H2,1-2H3,(H,22,24,26). The molecule has 1 rings (SSSR count). The first-order valence-corrected chi connectivity index (χ1v) is 8.49. The number of rotatable bonds is 10. The molecule has 0 aliphatic heterocycles. The van der Waals surface area contributed by atoms with Gasteiger partial charge >= 0.3 is 23.9 Å². The van der Waals surface area contributed by atoms with Crippen molar-refractivity contribution in [2.24, 2.45) is 5.92 Å². The molecule has 0 bridgehead atoms. The van der Waals surface area contributed by atoms with E-state index >= 15 is 0 Å². The van der Waals surface area contributed by atoms with Crippen molar-refractivity contribution in [3.05, 3.63) is 27.0 Å². The van der Waals surface area contributed by atoms with E-state index in [2.05, 4.69) is 4.74 Å². The van der Waals surface area contributed by atoms with Crippen LogP contribution in [-0.4, -0.2) is 34.4 Å². The maximum Gasteiger partial charge on any atom is 0.499 e. The van der Waals surface area contributed by atoms with Gasteiger partial charge in [-0.05, 0) is 19.3 Å². The normalized spacial score (nSPS) is 12.3. The lowest BCUT2D eigenvalue weighted by molar-refractivity contribution is -0.361. The maximum absolute atomic E-state index is 12.9. The van der Waals surface area contributed by atoms with Gasteiger partial charge in [0.2, 0.25) is 5.75 Å². The second kappa shape index (κ2) is 9.69. The van der Waals surface area contributed by atoms with E-state index < -0.39 is 29.3 Å². The minimum atomic E-state index is -6.01. The molecule has 0 aliphatic carbocycles. The lowest BCUT2D eigenvalue weighted by atomic mass is 10.2. The lowest BCUT2D eigenvalue weighted by Crippen LogP contribution is -2.44. The number of nitrogens with one attached hydrogen (secondary N) is 1. The van der Waals surface area contributed by atoms with Crippen LogP contribution in [0.4, 0.5) is 22.0 Å². The van der Waals surface area contributed by atoms with Crippen molar-refractivity contribution in [3.63, 3.8) is 0 Å². The van der Waals surface area contributed by atoms with Crippen molar-refractivity contribution >= 4 is 5.97 Å². The van der Waals surface area contributed by atoms with Crippen molar-refractivity contribution in [2.75, 3.05) is 6.61 Å². The number of hydrogen-bond donors (Lipinski definition) is 1. The second-order valence-corrected chi connectivity index (χ2v) is 6.30. The zero-order chi connectivity index (χ0) is 21.5. The number of aromatic amines is 1. The van der Waals surface area contributed by atoms with Crippen molar-refractivity contribution in [3.8, 4) is 5.75 Å². The van der Waals surface area contributed by atoms with Crippen LogP contribution in [-0.2, 0) is 16.1 Å². The van der Waals surface area contributed by atoms with Crippen LogP contribution < -0.4 is 16.0 Å². The largest absolute Gasteiger partial charge is 0.499 e. The highest BCUT2D eigenvalue weighted by atomic mass is 19.4. The Morgan fingerprint density at radius 1 is 1.11 bits per heavy atom. The average molecular weight is 416 g/mol. The summed E-state index contributed by atoms with van der Waals surface area (Å²) in [6, 6.07) is 0. The predicted octanol–water partition coefficient (Wildman–Crippen LogP) is 2.83. The van der Waals surface area contributed by atoms with Gasteiger partial charge < -0.3 is 9.47 Å². The molecule has 0 unspecified atom stereocenters. The molecule has 0 fully saturated rings. The molecule has 0 saturated heterocycles. The molecular weight excluding hydrogens is 395 g/mol. The molecule has 1 aromatic heterocycles. The summed E-state index contributed by atoms with van der Waals surface area (Å²) in [6.07, 6.45) is -8.91. The third kappa shape index (κ3) is 6.97. The molecule has 12 heteroatoms. The van der Waals surface area contributed by atoms with E-state index in [1.54, 1.807) is 18.8 Å². The van der Waals surface area contributed by atoms with E-state index in [1.807, 2.05) is 0 Å². The minimum absolute atomic E-state index is 0.0324. The molecule has 0 atom stereocenters. The SMILES string of the molecule is CC(C)C(=O)OCCCCCCn1cc(OC(F)(F)C(F)(F)F)c(=O)[nH]c1=O. The number of unbranched alkanes of at least 4 members (excludes halogenated alkanes) is 3. The highest BCUT2D eigenvalue weighted by Crippen LogP contribution is 2.36.